The van der Waals surface area contributed by atoms with Gasteiger partial charge in [-0.3, -0.25) is 4.79 Å². The SMILES string of the molecule is CCC(C)C(C)(CC(C)C)C(=O)OC1(C)CCCCC1. The van der Waals surface area contributed by atoms with Gasteiger partial charge in [0.25, 0.3) is 0 Å². The minimum atomic E-state index is -0.344. The molecule has 0 bridgehead atoms. The van der Waals surface area contributed by atoms with Crippen LogP contribution in [-0.2, 0) is 9.53 Å². The summed E-state index contributed by atoms with van der Waals surface area (Å²) in [5.41, 5.74) is -0.565. The zero-order chi connectivity index (χ0) is 15.4. The van der Waals surface area contributed by atoms with Gasteiger partial charge in [0.15, 0.2) is 0 Å². The van der Waals surface area contributed by atoms with Gasteiger partial charge in [-0.05, 0) is 57.8 Å². The van der Waals surface area contributed by atoms with Gasteiger partial charge in [0.2, 0.25) is 0 Å². The van der Waals surface area contributed by atoms with E-state index in [1.165, 1.54) is 19.3 Å². The van der Waals surface area contributed by atoms with Crippen LogP contribution in [0.5, 0.6) is 0 Å². The fourth-order valence-electron chi connectivity index (χ4n) is 3.53. The monoisotopic (exact) mass is 282 g/mol. The summed E-state index contributed by atoms with van der Waals surface area (Å²) in [6.45, 7) is 13.0. The predicted molar refractivity (Wildman–Crippen MR) is 84.6 cm³/mol. The molecule has 20 heavy (non-hydrogen) atoms. The third-order valence-corrected chi connectivity index (χ3v) is 5.25. The molecule has 0 aliphatic heterocycles. The summed E-state index contributed by atoms with van der Waals surface area (Å²) in [6, 6.07) is 0. The van der Waals surface area contributed by atoms with Crippen LogP contribution in [0.1, 0.15) is 86.5 Å². The van der Waals surface area contributed by atoms with E-state index in [9.17, 15) is 4.79 Å². The van der Waals surface area contributed by atoms with Crippen molar-refractivity contribution in [2.24, 2.45) is 17.3 Å². The second kappa shape index (κ2) is 6.95. The van der Waals surface area contributed by atoms with E-state index in [2.05, 4.69) is 41.5 Å². The van der Waals surface area contributed by atoms with Crippen molar-refractivity contribution in [1.29, 1.82) is 0 Å². The van der Waals surface area contributed by atoms with Crippen LogP contribution in [0.15, 0.2) is 0 Å². The Bertz CT molecular complexity index is 315. The van der Waals surface area contributed by atoms with Gasteiger partial charge >= 0.3 is 5.97 Å². The van der Waals surface area contributed by atoms with Crippen molar-refractivity contribution in [1.82, 2.24) is 0 Å². The summed E-state index contributed by atoms with van der Waals surface area (Å²) in [4.78, 5) is 12.9. The molecule has 1 fully saturated rings. The van der Waals surface area contributed by atoms with E-state index < -0.39 is 0 Å². The van der Waals surface area contributed by atoms with Crippen molar-refractivity contribution >= 4 is 5.97 Å². The molecule has 2 heteroatoms. The molecule has 0 spiro atoms. The smallest absolute Gasteiger partial charge is 0.312 e. The molecule has 1 aliphatic carbocycles. The highest BCUT2D eigenvalue weighted by Gasteiger charge is 2.43. The van der Waals surface area contributed by atoms with Crippen LogP contribution in [0.4, 0.5) is 0 Å². The van der Waals surface area contributed by atoms with Crippen LogP contribution in [-0.4, -0.2) is 11.6 Å². The largest absolute Gasteiger partial charge is 0.459 e. The fraction of sp³-hybridized carbons (Fsp3) is 0.944. The Balaban J connectivity index is 2.82. The fourth-order valence-corrected chi connectivity index (χ4v) is 3.53. The molecule has 0 aromatic rings. The first-order chi connectivity index (χ1) is 9.23. The van der Waals surface area contributed by atoms with Crippen molar-refractivity contribution in [3.8, 4) is 0 Å². The van der Waals surface area contributed by atoms with Gasteiger partial charge < -0.3 is 4.74 Å². The number of rotatable bonds is 6. The van der Waals surface area contributed by atoms with Crippen LogP contribution in [0.3, 0.4) is 0 Å². The number of ether oxygens (including phenoxy) is 1. The maximum atomic E-state index is 12.9. The molecule has 0 heterocycles. The second-order valence-corrected chi connectivity index (χ2v) is 7.72. The lowest BCUT2D eigenvalue weighted by molar-refractivity contribution is -0.177. The predicted octanol–water partition coefficient (Wildman–Crippen LogP) is 5.35. The van der Waals surface area contributed by atoms with Crippen molar-refractivity contribution in [3.05, 3.63) is 0 Å². The maximum Gasteiger partial charge on any atom is 0.312 e. The zero-order valence-corrected chi connectivity index (χ0v) is 14.4. The minimum Gasteiger partial charge on any atom is -0.459 e. The molecule has 1 aliphatic rings. The third-order valence-electron chi connectivity index (χ3n) is 5.25. The van der Waals surface area contributed by atoms with Gasteiger partial charge in [-0.1, -0.05) is 40.5 Å². The number of carbonyl (C=O) groups excluding carboxylic acids is 1. The molecular formula is C18H34O2. The van der Waals surface area contributed by atoms with Crippen LogP contribution in [0.2, 0.25) is 0 Å². The summed E-state index contributed by atoms with van der Waals surface area (Å²) >= 11 is 0. The van der Waals surface area contributed by atoms with Crippen LogP contribution in [0, 0.1) is 17.3 Å². The molecule has 0 aromatic heterocycles. The van der Waals surface area contributed by atoms with E-state index >= 15 is 0 Å². The molecule has 0 aromatic carbocycles. The van der Waals surface area contributed by atoms with Gasteiger partial charge in [-0.25, -0.2) is 0 Å². The Morgan fingerprint density at radius 3 is 2.20 bits per heavy atom. The average Bonchev–Trinajstić information content (AvgIpc) is 2.37. The third kappa shape index (κ3) is 4.23. The van der Waals surface area contributed by atoms with E-state index in [1.807, 2.05) is 0 Å². The summed E-state index contributed by atoms with van der Waals surface area (Å²) in [6.07, 6.45) is 7.64. The minimum absolute atomic E-state index is 0.0324. The number of hydrogen-bond donors (Lipinski definition) is 0. The van der Waals surface area contributed by atoms with Crippen molar-refractivity contribution in [3.63, 3.8) is 0 Å². The van der Waals surface area contributed by atoms with Crippen molar-refractivity contribution < 1.29 is 9.53 Å². The Hall–Kier alpha value is -0.530. The molecule has 0 saturated heterocycles. The van der Waals surface area contributed by atoms with Gasteiger partial charge in [-0.2, -0.15) is 0 Å². The topological polar surface area (TPSA) is 26.3 Å². The molecule has 0 radical (unpaired) electrons. The summed E-state index contributed by atoms with van der Waals surface area (Å²) in [7, 11) is 0. The van der Waals surface area contributed by atoms with Gasteiger partial charge in [0.1, 0.15) is 5.60 Å². The molecule has 2 unspecified atom stereocenters. The Morgan fingerprint density at radius 2 is 1.75 bits per heavy atom. The van der Waals surface area contributed by atoms with Crippen molar-refractivity contribution in [2.45, 2.75) is 92.1 Å². The molecule has 2 nitrogen and oxygen atoms in total. The first-order valence-corrected chi connectivity index (χ1v) is 8.47. The normalized spacial score (nSPS) is 23.1. The van der Waals surface area contributed by atoms with Gasteiger partial charge in [0, 0.05) is 0 Å². The number of carbonyl (C=O) groups is 1. The molecule has 118 valence electrons. The van der Waals surface area contributed by atoms with Gasteiger partial charge in [0.05, 0.1) is 5.41 Å². The molecule has 2 atom stereocenters. The lowest BCUT2D eigenvalue weighted by Crippen LogP contribution is -2.43. The Labute approximate surface area is 125 Å². The summed E-state index contributed by atoms with van der Waals surface area (Å²) in [5, 5.41) is 0. The maximum absolute atomic E-state index is 12.9. The Morgan fingerprint density at radius 1 is 1.20 bits per heavy atom. The highest BCUT2D eigenvalue weighted by Crippen LogP contribution is 2.40. The molecular weight excluding hydrogens is 248 g/mol. The van der Waals surface area contributed by atoms with E-state index in [1.54, 1.807) is 0 Å². The van der Waals surface area contributed by atoms with Crippen LogP contribution >= 0.6 is 0 Å². The lowest BCUT2D eigenvalue weighted by atomic mass is 9.71. The zero-order valence-electron chi connectivity index (χ0n) is 14.4. The lowest BCUT2D eigenvalue weighted by Gasteiger charge is -2.40. The molecule has 0 amide bonds. The number of esters is 1. The van der Waals surface area contributed by atoms with E-state index in [0.29, 0.717) is 11.8 Å². The standard InChI is InChI=1S/C18H34O2/c1-7-15(4)18(6,13-14(2)3)16(19)20-17(5)11-9-8-10-12-17/h14-15H,7-13H2,1-6H3. The molecule has 1 rings (SSSR count). The quantitative estimate of drug-likeness (QED) is 0.614. The second-order valence-electron chi connectivity index (χ2n) is 7.72. The highest BCUT2D eigenvalue weighted by molar-refractivity contribution is 5.77. The Kier molecular flexibility index (Phi) is 6.09. The molecule has 1 saturated carbocycles. The first kappa shape index (κ1) is 17.5. The van der Waals surface area contributed by atoms with E-state index in [0.717, 1.165) is 25.7 Å². The van der Waals surface area contributed by atoms with E-state index in [4.69, 9.17) is 4.74 Å². The van der Waals surface area contributed by atoms with Crippen LogP contribution in [0.25, 0.3) is 0 Å². The summed E-state index contributed by atoms with van der Waals surface area (Å²) in [5.74, 6) is 0.912. The van der Waals surface area contributed by atoms with Crippen LogP contribution < -0.4 is 0 Å². The molecule has 0 N–H and O–H groups in total. The van der Waals surface area contributed by atoms with E-state index in [-0.39, 0.29) is 17.0 Å². The summed E-state index contributed by atoms with van der Waals surface area (Å²) < 4.78 is 6.03. The van der Waals surface area contributed by atoms with Gasteiger partial charge in [-0.15, -0.1) is 0 Å². The van der Waals surface area contributed by atoms with Crippen molar-refractivity contribution in [2.75, 3.05) is 0 Å². The number of hydrogen-bond acceptors (Lipinski definition) is 2. The highest BCUT2D eigenvalue weighted by atomic mass is 16.6. The average molecular weight is 282 g/mol. The first-order valence-electron chi connectivity index (χ1n) is 8.47.